The zero-order valence-corrected chi connectivity index (χ0v) is 19.9. The minimum atomic E-state index is -3.49. The van der Waals surface area contributed by atoms with Crippen LogP contribution in [0, 0.1) is 0 Å². The number of ether oxygens (including phenoxy) is 1. The zero-order valence-electron chi connectivity index (χ0n) is 18.3. The normalized spacial score (nSPS) is 14.7. The van der Waals surface area contributed by atoms with Gasteiger partial charge in [-0.2, -0.15) is 4.31 Å². The quantitative estimate of drug-likeness (QED) is 0.487. The van der Waals surface area contributed by atoms with Gasteiger partial charge in [-0.15, -0.1) is 0 Å². The van der Waals surface area contributed by atoms with Gasteiger partial charge in [-0.1, -0.05) is 24.2 Å². The molecule has 1 fully saturated rings. The zero-order chi connectivity index (χ0) is 23.3. The average Bonchev–Trinajstić information content (AvgIpc) is 3.32. The molecule has 0 spiro atoms. The number of piperidine rings is 1. The average molecular weight is 487 g/mol. The molecule has 0 radical (unpaired) electrons. The van der Waals surface area contributed by atoms with Gasteiger partial charge < -0.3 is 10.1 Å². The summed E-state index contributed by atoms with van der Waals surface area (Å²) >= 11 is 1.31. The number of rotatable bonds is 8. The van der Waals surface area contributed by atoms with E-state index in [0.29, 0.717) is 23.9 Å². The Kier molecular flexibility index (Phi) is 7.36. The lowest BCUT2D eigenvalue weighted by Crippen LogP contribution is -2.35. The molecular formula is C23H26N4O4S2. The highest BCUT2D eigenvalue weighted by atomic mass is 32.2. The Hall–Kier alpha value is -2.82. The van der Waals surface area contributed by atoms with Crippen molar-refractivity contribution in [1.29, 1.82) is 0 Å². The van der Waals surface area contributed by atoms with Crippen LogP contribution in [0.4, 0.5) is 5.69 Å². The summed E-state index contributed by atoms with van der Waals surface area (Å²) in [7, 11) is -1.87. The van der Waals surface area contributed by atoms with E-state index in [-0.39, 0.29) is 16.6 Å². The number of methoxy groups -OCH3 is 1. The summed E-state index contributed by atoms with van der Waals surface area (Å²) in [5.74, 6) is 0.696. The van der Waals surface area contributed by atoms with E-state index in [4.69, 9.17) is 4.74 Å². The molecule has 1 aliphatic heterocycles. The molecule has 1 N–H and O–H groups in total. The van der Waals surface area contributed by atoms with Crippen LogP contribution >= 0.6 is 11.8 Å². The van der Waals surface area contributed by atoms with Crippen LogP contribution < -0.4 is 10.1 Å². The molecule has 0 aliphatic carbocycles. The number of carbonyl (C=O) groups is 1. The van der Waals surface area contributed by atoms with Crippen LogP contribution in [-0.4, -0.2) is 54.1 Å². The molecule has 174 valence electrons. The highest BCUT2D eigenvalue weighted by Crippen LogP contribution is 2.24. The smallest absolute Gasteiger partial charge is 0.243 e. The number of nitrogens with one attached hydrogen (secondary N) is 1. The largest absolute Gasteiger partial charge is 0.497 e. The molecule has 1 amide bonds. The number of imidazole rings is 1. The number of amides is 1. The maximum Gasteiger partial charge on any atom is 0.243 e. The van der Waals surface area contributed by atoms with Crippen molar-refractivity contribution in [2.24, 2.45) is 0 Å². The maximum absolute atomic E-state index is 12.8. The van der Waals surface area contributed by atoms with E-state index < -0.39 is 10.0 Å². The number of aromatic nitrogens is 2. The summed E-state index contributed by atoms with van der Waals surface area (Å²) < 4.78 is 34.2. The minimum absolute atomic E-state index is 0.162. The van der Waals surface area contributed by atoms with Crippen LogP contribution in [-0.2, 0) is 14.8 Å². The van der Waals surface area contributed by atoms with Crippen molar-refractivity contribution in [2.75, 3.05) is 31.3 Å². The first-order valence-corrected chi connectivity index (χ1v) is 13.1. The van der Waals surface area contributed by atoms with Gasteiger partial charge >= 0.3 is 0 Å². The van der Waals surface area contributed by atoms with Crippen molar-refractivity contribution >= 4 is 33.4 Å². The molecule has 8 nitrogen and oxygen atoms in total. The highest BCUT2D eigenvalue weighted by Gasteiger charge is 2.25. The molecule has 4 rings (SSSR count). The predicted octanol–water partition coefficient (Wildman–Crippen LogP) is 3.79. The molecular weight excluding hydrogens is 460 g/mol. The molecule has 1 aliphatic rings. The fourth-order valence-electron chi connectivity index (χ4n) is 3.65. The third-order valence-electron chi connectivity index (χ3n) is 5.36. The first-order chi connectivity index (χ1) is 16.0. The van der Waals surface area contributed by atoms with Crippen molar-refractivity contribution in [1.82, 2.24) is 13.9 Å². The second-order valence-electron chi connectivity index (χ2n) is 7.61. The van der Waals surface area contributed by atoms with E-state index >= 15 is 0 Å². The summed E-state index contributed by atoms with van der Waals surface area (Å²) in [6, 6.07) is 13.9. The Morgan fingerprint density at radius 2 is 1.88 bits per heavy atom. The lowest BCUT2D eigenvalue weighted by Gasteiger charge is -2.25. The van der Waals surface area contributed by atoms with E-state index in [0.717, 1.165) is 30.7 Å². The van der Waals surface area contributed by atoms with Crippen molar-refractivity contribution in [2.45, 2.75) is 29.3 Å². The SMILES string of the molecule is COc1cccc(-n2ccnc2SCC(=O)Nc2ccc(S(=O)(=O)N3CCCCC3)cc2)c1. The number of carbonyl (C=O) groups excluding carboxylic acids is 1. The summed E-state index contributed by atoms with van der Waals surface area (Å²) in [5, 5.41) is 3.50. The van der Waals surface area contributed by atoms with Crippen LogP contribution in [0.2, 0.25) is 0 Å². The number of hydrogen-bond acceptors (Lipinski definition) is 6. The van der Waals surface area contributed by atoms with Gasteiger partial charge in [-0.25, -0.2) is 13.4 Å². The van der Waals surface area contributed by atoms with Gasteiger partial charge in [0.15, 0.2) is 5.16 Å². The molecule has 10 heteroatoms. The lowest BCUT2D eigenvalue weighted by atomic mass is 10.2. The second kappa shape index (κ2) is 10.4. The first kappa shape index (κ1) is 23.3. The molecule has 0 unspecified atom stereocenters. The maximum atomic E-state index is 12.8. The van der Waals surface area contributed by atoms with E-state index in [1.807, 2.05) is 35.0 Å². The molecule has 33 heavy (non-hydrogen) atoms. The summed E-state index contributed by atoms with van der Waals surface area (Å²) in [6.45, 7) is 1.12. The molecule has 1 aromatic heterocycles. The first-order valence-electron chi connectivity index (χ1n) is 10.7. The Labute approximate surface area is 198 Å². The van der Waals surface area contributed by atoms with Crippen LogP contribution in [0.1, 0.15) is 19.3 Å². The van der Waals surface area contributed by atoms with E-state index in [1.54, 1.807) is 37.6 Å². The minimum Gasteiger partial charge on any atom is -0.497 e. The number of benzene rings is 2. The topological polar surface area (TPSA) is 93.5 Å². The lowest BCUT2D eigenvalue weighted by molar-refractivity contribution is -0.113. The number of sulfonamides is 1. The van der Waals surface area contributed by atoms with Crippen LogP contribution in [0.25, 0.3) is 5.69 Å². The standard InChI is InChI=1S/C23H26N4O4S2/c1-31-20-7-5-6-19(16-20)27-15-12-24-23(27)32-17-22(28)25-18-8-10-21(11-9-18)33(29,30)26-13-3-2-4-14-26/h5-12,15-16H,2-4,13-14,17H2,1H3,(H,25,28). The van der Waals surface area contributed by atoms with Crippen molar-refractivity contribution in [3.05, 3.63) is 60.9 Å². The third-order valence-corrected chi connectivity index (χ3v) is 8.24. The molecule has 2 aromatic carbocycles. The molecule has 3 aromatic rings. The van der Waals surface area contributed by atoms with E-state index in [1.165, 1.54) is 16.1 Å². The molecule has 0 saturated carbocycles. The van der Waals surface area contributed by atoms with Gasteiger partial charge in [0, 0.05) is 37.2 Å². The van der Waals surface area contributed by atoms with E-state index in [9.17, 15) is 13.2 Å². The Balaban J connectivity index is 1.36. The van der Waals surface area contributed by atoms with Gasteiger partial charge in [-0.05, 0) is 49.2 Å². The number of nitrogens with zero attached hydrogens (tertiary/aromatic N) is 3. The van der Waals surface area contributed by atoms with Gasteiger partial charge in [0.05, 0.1) is 23.4 Å². The Morgan fingerprint density at radius 3 is 2.61 bits per heavy atom. The van der Waals surface area contributed by atoms with Crippen LogP contribution in [0.5, 0.6) is 5.75 Å². The van der Waals surface area contributed by atoms with Crippen molar-refractivity contribution in [3.8, 4) is 11.4 Å². The fraction of sp³-hybridized carbons (Fsp3) is 0.304. The Bertz CT molecular complexity index is 1200. The van der Waals surface area contributed by atoms with Gasteiger partial charge in [0.1, 0.15) is 5.75 Å². The highest BCUT2D eigenvalue weighted by molar-refractivity contribution is 7.99. The van der Waals surface area contributed by atoms with Gasteiger partial charge in [0.25, 0.3) is 0 Å². The molecule has 0 bridgehead atoms. The number of thioether (sulfide) groups is 1. The van der Waals surface area contributed by atoms with Crippen molar-refractivity contribution < 1.29 is 17.9 Å². The second-order valence-corrected chi connectivity index (χ2v) is 10.5. The molecule has 1 saturated heterocycles. The monoisotopic (exact) mass is 486 g/mol. The van der Waals surface area contributed by atoms with Crippen LogP contribution in [0.15, 0.2) is 71.0 Å². The predicted molar refractivity (Wildman–Crippen MR) is 129 cm³/mol. The van der Waals surface area contributed by atoms with Crippen LogP contribution in [0.3, 0.4) is 0 Å². The third kappa shape index (κ3) is 5.58. The molecule has 2 heterocycles. The van der Waals surface area contributed by atoms with Crippen molar-refractivity contribution in [3.63, 3.8) is 0 Å². The summed E-state index contributed by atoms with van der Waals surface area (Å²) in [4.78, 5) is 17.1. The van der Waals surface area contributed by atoms with Gasteiger partial charge in [-0.3, -0.25) is 9.36 Å². The summed E-state index contributed by atoms with van der Waals surface area (Å²) in [6.07, 6.45) is 6.36. The Morgan fingerprint density at radius 1 is 1.12 bits per heavy atom. The fourth-order valence-corrected chi connectivity index (χ4v) is 5.94. The van der Waals surface area contributed by atoms with E-state index in [2.05, 4.69) is 10.3 Å². The summed E-state index contributed by atoms with van der Waals surface area (Å²) in [5.41, 5.74) is 1.44. The number of hydrogen-bond donors (Lipinski definition) is 1. The number of anilines is 1. The molecule has 0 atom stereocenters. The van der Waals surface area contributed by atoms with Gasteiger partial charge in [0.2, 0.25) is 15.9 Å².